The quantitative estimate of drug-likeness (QED) is 0.667. The lowest BCUT2D eigenvalue weighted by Crippen LogP contribution is -2.24. The van der Waals surface area contributed by atoms with Gasteiger partial charge in [-0.1, -0.05) is 25.5 Å². The second kappa shape index (κ2) is 7.34. The van der Waals surface area contributed by atoms with Crippen LogP contribution in [0.15, 0.2) is 11.6 Å². The maximum Gasteiger partial charge on any atom is 0.0630 e. The van der Waals surface area contributed by atoms with Crippen LogP contribution in [-0.4, -0.2) is 21.7 Å². The van der Waals surface area contributed by atoms with E-state index >= 15 is 0 Å². The van der Waals surface area contributed by atoms with Crippen LogP contribution in [0.2, 0.25) is 0 Å². The van der Waals surface area contributed by atoms with Crippen molar-refractivity contribution in [3.63, 3.8) is 0 Å². The molecule has 1 atom stereocenters. The minimum absolute atomic E-state index is 0.492. The lowest BCUT2D eigenvalue weighted by molar-refractivity contribution is 0.0492. The predicted octanol–water partition coefficient (Wildman–Crippen LogP) is 4.02. The molecule has 0 saturated carbocycles. The Hall–Kier alpha value is 0.0500. The highest BCUT2D eigenvalue weighted by molar-refractivity contribution is 7.99. The highest BCUT2D eigenvalue weighted by Gasteiger charge is 2.18. The largest absolute Gasteiger partial charge is 0.390 e. The Kier molecular flexibility index (Phi) is 7.37. The van der Waals surface area contributed by atoms with Crippen molar-refractivity contribution in [1.82, 2.24) is 0 Å². The summed E-state index contributed by atoms with van der Waals surface area (Å²) in [5.74, 6) is 1.06. The van der Waals surface area contributed by atoms with Gasteiger partial charge in [0.25, 0.3) is 0 Å². The van der Waals surface area contributed by atoms with Crippen LogP contribution < -0.4 is 0 Å². The SMILES string of the molecule is CC(C)=CCC[C@@](C)(O)CCSC(C)C. The van der Waals surface area contributed by atoms with Gasteiger partial charge in [0.2, 0.25) is 0 Å². The molecule has 90 valence electrons. The second-order valence-electron chi connectivity index (χ2n) is 4.99. The first-order chi connectivity index (χ1) is 6.83. The molecule has 2 heteroatoms. The van der Waals surface area contributed by atoms with Gasteiger partial charge in [-0.05, 0) is 51.0 Å². The molecule has 0 amide bonds. The van der Waals surface area contributed by atoms with E-state index in [0.29, 0.717) is 5.25 Å². The molecule has 0 aromatic carbocycles. The van der Waals surface area contributed by atoms with Gasteiger partial charge in [-0.2, -0.15) is 11.8 Å². The number of thioether (sulfide) groups is 1. The van der Waals surface area contributed by atoms with Gasteiger partial charge in [-0.25, -0.2) is 0 Å². The Morgan fingerprint density at radius 1 is 1.33 bits per heavy atom. The fourth-order valence-electron chi connectivity index (χ4n) is 1.31. The van der Waals surface area contributed by atoms with Crippen molar-refractivity contribution in [3.8, 4) is 0 Å². The van der Waals surface area contributed by atoms with Crippen molar-refractivity contribution < 1.29 is 5.11 Å². The number of aliphatic hydroxyl groups is 1. The smallest absolute Gasteiger partial charge is 0.0630 e. The van der Waals surface area contributed by atoms with Crippen molar-refractivity contribution in [3.05, 3.63) is 11.6 Å². The molecule has 1 nitrogen and oxygen atoms in total. The van der Waals surface area contributed by atoms with Gasteiger partial charge in [0.05, 0.1) is 5.60 Å². The molecule has 0 radical (unpaired) electrons. The van der Waals surface area contributed by atoms with Crippen molar-refractivity contribution >= 4 is 11.8 Å². The van der Waals surface area contributed by atoms with Crippen molar-refractivity contribution in [2.45, 2.75) is 64.7 Å². The first-order valence-electron chi connectivity index (χ1n) is 5.81. The molecule has 1 N–H and O–H groups in total. The molecule has 0 unspecified atom stereocenters. The summed E-state index contributed by atoms with van der Waals surface area (Å²) in [4.78, 5) is 0. The first-order valence-corrected chi connectivity index (χ1v) is 6.86. The summed E-state index contributed by atoms with van der Waals surface area (Å²) in [7, 11) is 0. The summed E-state index contributed by atoms with van der Waals surface area (Å²) in [5.41, 5.74) is 0.843. The highest BCUT2D eigenvalue weighted by atomic mass is 32.2. The Morgan fingerprint density at radius 3 is 2.40 bits per heavy atom. The van der Waals surface area contributed by atoms with Gasteiger partial charge in [0.1, 0.15) is 0 Å². The third-order valence-corrected chi connectivity index (χ3v) is 3.43. The van der Waals surface area contributed by atoms with E-state index in [0.717, 1.165) is 25.0 Å². The number of rotatable bonds is 7. The Labute approximate surface area is 99.3 Å². The minimum Gasteiger partial charge on any atom is -0.390 e. The lowest BCUT2D eigenvalue weighted by Gasteiger charge is -2.22. The van der Waals surface area contributed by atoms with E-state index in [1.807, 2.05) is 18.7 Å². The van der Waals surface area contributed by atoms with E-state index in [1.165, 1.54) is 5.57 Å². The van der Waals surface area contributed by atoms with Gasteiger partial charge < -0.3 is 5.11 Å². The van der Waals surface area contributed by atoms with Crippen LogP contribution in [-0.2, 0) is 0 Å². The standard InChI is InChI=1S/C13H26OS/c1-11(2)7-6-8-13(5,14)9-10-15-12(3)4/h7,12,14H,6,8-10H2,1-5H3/t13-/m1/s1. The van der Waals surface area contributed by atoms with Crippen LogP contribution in [0, 0.1) is 0 Å². The van der Waals surface area contributed by atoms with E-state index in [4.69, 9.17) is 0 Å². The van der Waals surface area contributed by atoms with Gasteiger partial charge in [0, 0.05) is 0 Å². The summed E-state index contributed by atoms with van der Waals surface area (Å²) < 4.78 is 0. The number of hydrogen-bond donors (Lipinski definition) is 1. The molecule has 0 aliphatic heterocycles. The van der Waals surface area contributed by atoms with Crippen LogP contribution in [0.1, 0.15) is 53.9 Å². The van der Waals surface area contributed by atoms with Crippen LogP contribution in [0.3, 0.4) is 0 Å². The molecule has 15 heavy (non-hydrogen) atoms. The average Bonchev–Trinajstić information content (AvgIpc) is 2.01. The number of allylic oxidation sites excluding steroid dienone is 2. The Morgan fingerprint density at radius 2 is 1.93 bits per heavy atom. The average molecular weight is 230 g/mol. The first kappa shape index (κ1) is 15.0. The van der Waals surface area contributed by atoms with E-state index < -0.39 is 5.60 Å². The minimum atomic E-state index is -0.492. The fourth-order valence-corrected chi connectivity index (χ4v) is 2.34. The monoisotopic (exact) mass is 230 g/mol. The molecule has 0 rings (SSSR count). The third kappa shape index (κ3) is 10.3. The van der Waals surface area contributed by atoms with Gasteiger partial charge in [-0.15, -0.1) is 0 Å². The van der Waals surface area contributed by atoms with Crippen LogP contribution in [0.25, 0.3) is 0 Å². The van der Waals surface area contributed by atoms with Gasteiger partial charge in [-0.3, -0.25) is 0 Å². The zero-order valence-electron chi connectivity index (χ0n) is 10.8. The topological polar surface area (TPSA) is 20.2 Å². The molecule has 0 aliphatic carbocycles. The summed E-state index contributed by atoms with van der Waals surface area (Å²) in [6, 6.07) is 0. The second-order valence-corrected chi connectivity index (χ2v) is 6.67. The van der Waals surface area contributed by atoms with Crippen LogP contribution in [0.4, 0.5) is 0 Å². The molecule has 0 spiro atoms. The molecule has 0 heterocycles. The Bertz CT molecular complexity index is 191. The zero-order valence-corrected chi connectivity index (χ0v) is 11.7. The molecular weight excluding hydrogens is 204 g/mol. The molecule has 0 bridgehead atoms. The molecule has 0 aromatic rings. The van der Waals surface area contributed by atoms with Crippen molar-refractivity contribution in [2.75, 3.05) is 5.75 Å². The maximum atomic E-state index is 10.1. The zero-order chi connectivity index (χ0) is 11.9. The van der Waals surface area contributed by atoms with E-state index in [2.05, 4.69) is 33.8 Å². The molecule has 0 fully saturated rings. The summed E-state index contributed by atoms with van der Waals surface area (Å²) in [6.45, 7) is 10.5. The molecule has 0 aliphatic rings. The summed E-state index contributed by atoms with van der Waals surface area (Å²) >= 11 is 1.92. The van der Waals surface area contributed by atoms with Crippen molar-refractivity contribution in [1.29, 1.82) is 0 Å². The predicted molar refractivity (Wildman–Crippen MR) is 71.5 cm³/mol. The van der Waals surface area contributed by atoms with Crippen LogP contribution >= 0.6 is 11.8 Å². The molecular formula is C13H26OS. The maximum absolute atomic E-state index is 10.1. The van der Waals surface area contributed by atoms with E-state index in [1.54, 1.807) is 0 Å². The molecule has 0 aromatic heterocycles. The van der Waals surface area contributed by atoms with Gasteiger partial charge >= 0.3 is 0 Å². The Balaban J connectivity index is 3.71. The lowest BCUT2D eigenvalue weighted by atomic mass is 9.97. The van der Waals surface area contributed by atoms with Gasteiger partial charge in [0.15, 0.2) is 0 Å². The van der Waals surface area contributed by atoms with Crippen LogP contribution in [0.5, 0.6) is 0 Å². The third-order valence-electron chi connectivity index (χ3n) is 2.33. The number of hydrogen-bond acceptors (Lipinski definition) is 2. The van der Waals surface area contributed by atoms with Crippen molar-refractivity contribution in [2.24, 2.45) is 0 Å². The fraction of sp³-hybridized carbons (Fsp3) is 0.846. The van der Waals surface area contributed by atoms with E-state index in [-0.39, 0.29) is 0 Å². The normalized spacial score (nSPS) is 15.1. The summed E-state index contributed by atoms with van der Waals surface area (Å²) in [5, 5.41) is 10.8. The highest BCUT2D eigenvalue weighted by Crippen LogP contribution is 2.21. The molecule has 0 saturated heterocycles. The van der Waals surface area contributed by atoms with E-state index in [9.17, 15) is 5.11 Å². The summed E-state index contributed by atoms with van der Waals surface area (Å²) in [6.07, 6.45) is 4.95.